The van der Waals surface area contributed by atoms with E-state index in [0.29, 0.717) is 5.92 Å². The molecule has 1 aromatic rings. The molecule has 0 aliphatic heterocycles. The predicted octanol–water partition coefficient (Wildman–Crippen LogP) is 1.59. The lowest BCUT2D eigenvalue weighted by molar-refractivity contribution is 0.0477. The van der Waals surface area contributed by atoms with Gasteiger partial charge in [0, 0.05) is 13.7 Å². The number of nitrogens with zero attached hydrogens (tertiary/aromatic N) is 2. The van der Waals surface area contributed by atoms with E-state index in [1.807, 2.05) is 10.9 Å². The zero-order valence-electron chi connectivity index (χ0n) is 10.2. The molecule has 6 heteroatoms. The molecule has 96 valence electrons. The van der Waals surface area contributed by atoms with Gasteiger partial charge < -0.3 is 4.74 Å². The number of aromatic nitrogens is 2. The molecule has 1 aliphatic rings. The van der Waals surface area contributed by atoms with Crippen molar-refractivity contribution in [2.24, 2.45) is 11.8 Å². The van der Waals surface area contributed by atoms with Crippen LogP contribution in [-0.4, -0.2) is 23.0 Å². The number of nitrogens with one attached hydrogen (secondary N) is 1. The van der Waals surface area contributed by atoms with Gasteiger partial charge in [0.15, 0.2) is 0 Å². The van der Waals surface area contributed by atoms with Crippen LogP contribution in [-0.2, 0) is 11.3 Å². The average Bonchev–Trinajstić information content (AvgIpc) is 3.10. The van der Waals surface area contributed by atoms with Crippen LogP contribution in [0.15, 0.2) is 10.7 Å². The summed E-state index contributed by atoms with van der Waals surface area (Å²) in [6.45, 7) is 2.88. The Labute approximate surface area is 110 Å². The lowest BCUT2D eigenvalue weighted by atomic mass is 10.0. The molecule has 0 spiro atoms. The number of nitrogens with two attached hydrogens (primary N) is 1. The summed E-state index contributed by atoms with van der Waals surface area (Å²) in [4.78, 5) is 0. The molecule has 3 N–H and O–H groups in total. The quantitative estimate of drug-likeness (QED) is 0.619. The highest BCUT2D eigenvalue weighted by molar-refractivity contribution is 9.10. The summed E-state index contributed by atoms with van der Waals surface area (Å²) < 4.78 is 8.53. The Morgan fingerprint density at radius 2 is 2.41 bits per heavy atom. The molecule has 17 heavy (non-hydrogen) atoms. The number of hydrogen-bond acceptors (Lipinski definition) is 4. The smallest absolute Gasteiger partial charge is 0.0904 e. The van der Waals surface area contributed by atoms with Gasteiger partial charge in [-0.05, 0) is 41.6 Å². The molecule has 1 heterocycles. The van der Waals surface area contributed by atoms with E-state index in [-0.39, 0.29) is 12.1 Å². The van der Waals surface area contributed by atoms with Gasteiger partial charge in [-0.25, -0.2) is 5.43 Å². The molecule has 1 fully saturated rings. The van der Waals surface area contributed by atoms with Gasteiger partial charge in [-0.2, -0.15) is 5.10 Å². The standard InChI is InChI=1S/C11H19BrN4O/c1-3-16-10(8(12)6-14-16)9(15-13)11(17-2)7-4-5-7/h6-7,9,11,15H,3-5,13H2,1-2H3. The number of hydrogen-bond donors (Lipinski definition) is 2. The zero-order valence-corrected chi connectivity index (χ0v) is 11.8. The van der Waals surface area contributed by atoms with Gasteiger partial charge in [-0.1, -0.05) is 0 Å². The van der Waals surface area contributed by atoms with Crippen molar-refractivity contribution in [3.8, 4) is 0 Å². The van der Waals surface area contributed by atoms with E-state index in [1.54, 1.807) is 7.11 Å². The second-order valence-electron chi connectivity index (χ2n) is 4.38. The van der Waals surface area contributed by atoms with E-state index in [2.05, 4.69) is 33.4 Å². The van der Waals surface area contributed by atoms with Crippen LogP contribution in [0.5, 0.6) is 0 Å². The fraction of sp³-hybridized carbons (Fsp3) is 0.727. The fourth-order valence-corrected chi connectivity index (χ4v) is 2.83. The second kappa shape index (κ2) is 5.48. The molecule has 0 bridgehead atoms. The Bertz CT molecular complexity index is 378. The van der Waals surface area contributed by atoms with Gasteiger partial charge in [0.2, 0.25) is 0 Å². The highest BCUT2D eigenvalue weighted by atomic mass is 79.9. The minimum absolute atomic E-state index is 0.0238. The first kappa shape index (κ1) is 13.0. The first-order chi connectivity index (χ1) is 8.22. The molecule has 0 aromatic carbocycles. The average molecular weight is 303 g/mol. The SMILES string of the molecule is CCn1ncc(Br)c1C(NN)C(OC)C1CC1. The van der Waals surface area contributed by atoms with Gasteiger partial charge >= 0.3 is 0 Å². The van der Waals surface area contributed by atoms with Crippen LogP contribution < -0.4 is 11.3 Å². The summed E-state index contributed by atoms with van der Waals surface area (Å²) in [7, 11) is 1.74. The highest BCUT2D eigenvalue weighted by Gasteiger charge is 2.39. The first-order valence-corrected chi connectivity index (χ1v) is 6.72. The molecule has 2 atom stereocenters. The van der Waals surface area contributed by atoms with Crippen LogP contribution in [0.4, 0.5) is 0 Å². The van der Waals surface area contributed by atoms with E-state index >= 15 is 0 Å². The molecule has 1 saturated carbocycles. The lowest BCUT2D eigenvalue weighted by Crippen LogP contribution is -2.40. The van der Waals surface area contributed by atoms with E-state index in [0.717, 1.165) is 16.7 Å². The number of methoxy groups -OCH3 is 1. The molecular formula is C11H19BrN4O. The van der Waals surface area contributed by atoms with Crippen molar-refractivity contribution in [3.05, 3.63) is 16.4 Å². The number of ether oxygens (including phenoxy) is 1. The van der Waals surface area contributed by atoms with Crippen molar-refractivity contribution < 1.29 is 4.74 Å². The lowest BCUT2D eigenvalue weighted by Gasteiger charge is -2.26. The van der Waals surface area contributed by atoms with Crippen molar-refractivity contribution in [1.82, 2.24) is 15.2 Å². The van der Waals surface area contributed by atoms with Gasteiger partial charge in [0.05, 0.1) is 28.5 Å². The second-order valence-corrected chi connectivity index (χ2v) is 5.23. The number of aryl methyl sites for hydroxylation is 1. The van der Waals surface area contributed by atoms with E-state index in [1.165, 1.54) is 12.8 Å². The first-order valence-electron chi connectivity index (χ1n) is 5.93. The number of hydrazine groups is 1. The van der Waals surface area contributed by atoms with Crippen molar-refractivity contribution in [1.29, 1.82) is 0 Å². The Hall–Kier alpha value is -0.430. The maximum atomic E-state index is 5.71. The minimum atomic E-state index is -0.0238. The maximum absolute atomic E-state index is 5.71. The molecule has 0 saturated heterocycles. The third-order valence-electron chi connectivity index (χ3n) is 3.29. The zero-order chi connectivity index (χ0) is 12.4. The Balaban J connectivity index is 2.29. The van der Waals surface area contributed by atoms with Crippen molar-refractivity contribution in [3.63, 3.8) is 0 Å². The largest absolute Gasteiger partial charge is 0.379 e. The molecule has 5 nitrogen and oxygen atoms in total. The number of rotatable bonds is 6. The van der Waals surface area contributed by atoms with Gasteiger partial charge in [0.25, 0.3) is 0 Å². The molecule has 1 aromatic heterocycles. The third-order valence-corrected chi connectivity index (χ3v) is 3.91. The van der Waals surface area contributed by atoms with Crippen LogP contribution in [0.3, 0.4) is 0 Å². The summed E-state index contributed by atoms with van der Waals surface area (Å²) in [5.74, 6) is 6.31. The minimum Gasteiger partial charge on any atom is -0.379 e. The Morgan fingerprint density at radius 3 is 2.88 bits per heavy atom. The topological polar surface area (TPSA) is 65.1 Å². The predicted molar refractivity (Wildman–Crippen MR) is 69.2 cm³/mol. The van der Waals surface area contributed by atoms with Gasteiger partial charge in [-0.15, -0.1) is 0 Å². The van der Waals surface area contributed by atoms with Crippen molar-refractivity contribution in [2.45, 2.75) is 38.5 Å². The summed E-state index contributed by atoms with van der Waals surface area (Å²) in [5.41, 5.74) is 3.94. The van der Waals surface area contributed by atoms with E-state index < -0.39 is 0 Å². The Kier molecular flexibility index (Phi) is 4.19. The summed E-state index contributed by atoms with van der Waals surface area (Å²) in [5, 5.41) is 4.32. The maximum Gasteiger partial charge on any atom is 0.0904 e. The number of halogens is 1. The summed E-state index contributed by atoms with van der Waals surface area (Å²) in [6.07, 6.45) is 4.35. The normalized spacial score (nSPS) is 19.3. The third kappa shape index (κ3) is 2.54. The molecular weight excluding hydrogens is 284 g/mol. The molecule has 2 rings (SSSR count). The Morgan fingerprint density at radius 1 is 1.71 bits per heavy atom. The molecule has 0 amide bonds. The summed E-state index contributed by atoms with van der Waals surface area (Å²) >= 11 is 3.53. The summed E-state index contributed by atoms with van der Waals surface area (Å²) in [6, 6.07) is -0.0238. The molecule has 1 aliphatic carbocycles. The molecule has 0 radical (unpaired) electrons. The fourth-order valence-electron chi connectivity index (χ4n) is 2.29. The van der Waals surface area contributed by atoms with Crippen LogP contribution in [0.1, 0.15) is 31.5 Å². The van der Waals surface area contributed by atoms with Crippen LogP contribution in [0.2, 0.25) is 0 Å². The molecule has 2 unspecified atom stereocenters. The van der Waals surface area contributed by atoms with Crippen LogP contribution in [0, 0.1) is 5.92 Å². The van der Waals surface area contributed by atoms with Crippen molar-refractivity contribution in [2.75, 3.05) is 7.11 Å². The van der Waals surface area contributed by atoms with Crippen LogP contribution in [0.25, 0.3) is 0 Å². The monoisotopic (exact) mass is 302 g/mol. The van der Waals surface area contributed by atoms with Gasteiger partial charge in [0.1, 0.15) is 0 Å². The highest BCUT2D eigenvalue weighted by Crippen LogP contribution is 2.40. The van der Waals surface area contributed by atoms with Crippen molar-refractivity contribution >= 4 is 15.9 Å². The van der Waals surface area contributed by atoms with Gasteiger partial charge in [-0.3, -0.25) is 10.5 Å². The van der Waals surface area contributed by atoms with E-state index in [9.17, 15) is 0 Å². The van der Waals surface area contributed by atoms with Crippen LogP contribution >= 0.6 is 15.9 Å². The van der Waals surface area contributed by atoms with E-state index in [4.69, 9.17) is 10.6 Å².